The Bertz CT molecular complexity index is 404. The summed E-state index contributed by atoms with van der Waals surface area (Å²) in [7, 11) is 0. The molecule has 0 spiro atoms. The molecule has 1 aliphatic carbocycles. The number of nitrogens with zero attached hydrogens (tertiary/aromatic N) is 2. The molecule has 0 aromatic carbocycles. The second-order valence-corrected chi connectivity index (χ2v) is 5.29. The fraction of sp³-hybridized carbons (Fsp3) is 0.643. The van der Waals surface area contributed by atoms with Crippen LogP contribution in [0, 0.1) is 5.92 Å². The first-order valence-corrected chi connectivity index (χ1v) is 6.77. The number of amides is 1. The smallest absolute Gasteiger partial charge is 0.226 e. The van der Waals surface area contributed by atoms with Crippen LogP contribution in [0.25, 0.3) is 0 Å². The zero-order valence-corrected chi connectivity index (χ0v) is 10.3. The molecule has 0 radical (unpaired) electrons. The molecule has 1 saturated carbocycles. The molecule has 0 N–H and O–H groups in total. The van der Waals surface area contributed by atoms with Gasteiger partial charge in [0.2, 0.25) is 5.91 Å². The van der Waals surface area contributed by atoms with Gasteiger partial charge in [-0.05, 0) is 25.0 Å². The molecule has 2 aliphatic rings. The molecular weight excluding hydrogens is 212 g/mol. The minimum atomic E-state index is 0.310. The van der Waals surface area contributed by atoms with Gasteiger partial charge in [0.05, 0.1) is 6.54 Å². The molecule has 2 heterocycles. The number of carbonyl (C=O) groups excluding carboxylic acids is 1. The van der Waals surface area contributed by atoms with Crippen molar-refractivity contribution < 1.29 is 4.79 Å². The first kappa shape index (κ1) is 10.9. The van der Waals surface area contributed by atoms with Crippen molar-refractivity contribution in [3.8, 4) is 0 Å². The first-order chi connectivity index (χ1) is 8.34. The highest BCUT2D eigenvalue weighted by molar-refractivity contribution is 5.79. The van der Waals surface area contributed by atoms with Crippen LogP contribution in [0.2, 0.25) is 0 Å². The molecule has 92 valence electrons. The largest absolute Gasteiger partial charge is 0.348 e. The highest BCUT2D eigenvalue weighted by Crippen LogP contribution is 2.26. The second kappa shape index (κ2) is 4.55. The van der Waals surface area contributed by atoms with Crippen molar-refractivity contribution in [1.82, 2.24) is 9.47 Å². The van der Waals surface area contributed by atoms with Gasteiger partial charge in [-0.3, -0.25) is 4.79 Å². The maximum absolute atomic E-state index is 12.4. The van der Waals surface area contributed by atoms with E-state index < -0.39 is 0 Å². The van der Waals surface area contributed by atoms with Gasteiger partial charge in [0, 0.05) is 30.9 Å². The standard InChI is InChI=1S/C14H20N2O/c17-14(12-5-2-1-3-6-12)16-10-9-15-8-4-7-13(15)11-16/h4,7-8,12H,1-3,5-6,9-11H2. The van der Waals surface area contributed by atoms with E-state index in [9.17, 15) is 4.79 Å². The summed E-state index contributed by atoms with van der Waals surface area (Å²) in [4.78, 5) is 14.5. The van der Waals surface area contributed by atoms with Crippen molar-refractivity contribution in [3.05, 3.63) is 24.0 Å². The summed E-state index contributed by atoms with van der Waals surface area (Å²) in [5, 5.41) is 0. The lowest BCUT2D eigenvalue weighted by molar-refractivity contribution is -0.138. The lowest BCUT2D eigenvalue weighted by Crippen LogP contribution is -2.41. The van der Waals surface area contributed by atoms with Crippen molar-refractivity contribution in [2.45, 2.75) is 45.2 Å². The lowest BCUT2D eigenvalue weighted by Gasteiger charge is -2.33. The molecule has 17 heavy (non-hydrogen) atoms. The Balaban J connectivity index is 1.67. The van der Waals surface area contributed by atoms with Crippen molar-refractivity contribution in [3.63, 3.8) is 0 Å². The average molecular weight is 232 g/mol. The summed E-state index contributed by atoms with van der Waals surface area (Å²) in [6.45, 7) is 2.65. The third-order valence-corrected chi connectivity index (χ3v) is 4.15. The van der Waals surface area contributed by atoms with E-state index in [4.69, 9.17) is 0 Å². The topological polar surface area (TPSA) is 25.2 Å². The predicted octanol–water partition coefficient (Wildman–Crippen LogP) is 2.41. The number of rotatable bonds is 1. The highest BCUT2D eigenvalue weighted by Gasteiger charge is 2.27. The van der Waals surface area contributed by atoms with Gasteiger partial charge in [-0.2, -0.15) is 0 Å². The summed E-state index contributed by atoms with van der Waals surface area (Å²) in [5.41, 5.74) is 1.28. The summed E-state index contributed by atoms with van der Waals surface area (Å²) in [6, 6.07) is 4.20. The molecule has 3 nitrogen and oxygen atoms in total. The van der Waals surface area contributed by atoms with E-state index in [1.807, 2.05) is 0 Å². The zero-order chi connectivity index (χ0) is 11.7. The summed E-state index contributed by atoms with van der Waals surface area (Å²) < 4.78 is 2.25. The minimum Gasteiger partial charge on any atom is -0.348 e. The number of hydrogen-bond acceptors (Lipinski definition) is 1. The molecule has 1 aliphatic heterocycles. The Kier molecular flexibility index (Phi) is 2.91. The second-order valence-electron chi connectivity index (χ2n) is 5.29. The van der Waals surface area contributed by atoms with Gasteiger partial charge in [0.15, 0.2) is 0 Å². The van der Waals surface area contributed by atoms with E-state index in [1.54, 1.807) is 0 Å². The Hall–Kier alpha value is -1.25. The molecule has 0 atom stereocenters. The van der Waals surface area contributed by atoms with Crippen molar-refractivity contribution in [1.29, 1.82) is 0 Å². The van der Waals surface area contributed by atoms with Gasteiger partial charge in [-0.15, -0.1) is 0 Å². The van der Waals surface area contributed by atoms with Crippen molar-refractivity contribution >= 4 is 5.91 Å². The maximum atomic E-state index is 12.4. The Morgan fingerprint density at radius 1 is 1.18 bits per heavy atom. The number of aromatic nitrogens is 1. The van der Waals surface area contributed by atoms with Gasteiger partial charge in [-0.1, -0.05) is 19.3 Å². The molecule has 0 saturated heterocycles. The summed E-state index contributed by atoms with van der Waals surface area (Å²) in [5.74, 6) is 0.711. The van der Waals surface area contributed by atoms with Crippen LogP contribution in [-0.4, -0.2) is 21.9 Å². The van der Waals surface area contributed by atoms with Gasteiger partial charge < -0.3 is 9.47 Å². The van der Waals surface area contributed by atoms with Crippen LogP contribution in [0.4, 0.5) is 0 Å². The zero-order valence-electron chi connectivity index (χ0n) is 10.3. The van der Waals surface area contributed by atoms with E-state index in [0.717, 1.165) is 32.5 Å². The monoisotopic (exact) mass is 232 g/mol. The van der Waals surface area contributed by atoms with Crippen molar-refractivity contribution in [2.75, 3.05) is 6.54 Å². The summed E-state index contributed by atoms with van der Waals surface area (Å²) >= 11 is 0. The third kappa shape index (κ3) is 2.11. The van der Waals surface area contributed by atoms with Crippen molar-refractivity contribution in [2.24, 2.45) is 5.92 Å². The van der Waals surface area contributed by atoms with Crippen LogP contribution >= 0.6 is 0 Å². The van der Waals surface area contributed by atoms with Crippen LogP contribution in [0.5, 0.6) is 0 Å². The van der Waals surface area contributed by atoms with Gasteiger partial charge in [0.1, 0.15) is 0 Å². The molecular formula is C14H20N2O. The van der Waals surface area contributed by atoms with Crippen LogP contribution < -0.4 is 0 Å². The SMILES string of the molecule is O=C(C1CCCCC1)N1CCn2cccc2C1. The van der Waals surface area contributed by atoms with Crippen LogP contribution in [0.1, 0.15) is 37.8 Å². The maximum Gasteiger partial charge on any atom is 0.226 e. The number of hydrogen-bond donors (Lipinski definition) is 0. The fourth-order valence-electron chi connectivity index (χ4n) is 3.11. The molecule has 1 amide bonds. The van der Waals surface area contributed by atoms with E-state index >= 15 is 0 Å². The minimum absolute atomic E-state index is 0.310. The Labute approximate surface area is 102 Å². The molecule has 1 aromatic rings. The van der Waals surface area contributed by atoms with Gasteiger partial charge >= 0.3 is 0 Å². The fourth-order valence-corrected chi connectivity index (χ4v) is 3.11. The third-order valence-electron chi connectivity index (χ3n) is 4.15. The van der Waals surface area contributed by atoms with E-state index in [0.29, 0.717) is 11.8 Å². The van der Waals surface area contributed by atoms with Crippen LogP contribution in [0.3, 0.4) is 0 Å². The normalized spacial score (nSPS) is 21.3. The van der Waals surface area contributed by atoms with Gasteiger partial charge in [-0.25, -0.2) is 0 Å². The number of carbonyl (C=O) groups is 1. The molecule has 0 bridgehead atoms. The Morgan fingerprint density at radius 3 is 2.82 bits per heavy atom. The quantitative estimate of drug-likeness (QED) is 0.730. The molecule has 1 aromatic heterocycles. The Morgan fingerprint density at radius 2 is 2.00 bits per heavy atom. The van der Waals surface area contributed by atoms with E-state index in [2.05, 4.69) is 27.8 Å². The van der Waals surface area contributed by atoms with E-state index in [1.165, 1.54) is 25.0 Å². The number of fused-ring (bicyclic) bond motifs is 1. The lowest BCUT2D eigenvalue weighted by atomic mass is 9.88. The average Bonchev–Trinajstić information content (AvgIpc) is 2.86. The molecule has 1 fully saturated rings. The highest BCUT2D eigenvalue weighted by atomic mass is 16.2. The van der Waals surface area contributed by atoms with E-state index in [-0.39, 0.29) is 0 Å². The summed E-state index contributed by atoms with van der Waals surface area (Å²) in [6.07, 6.45) is 8.11. The molecule has 3 heteroatoms. The van der Waals surface area contributed by atoms with Crippen LogP contribution in [-0.2, 0) is 17.9 Å². The molecule has 3 rings (SSSR count). The first-order valence-electron chi connectivity index (χ1n) is 6.77. The van der Waals surface area contributed by atoms with Gasteiger partial charge in [0.25, 0.3) is 0 Å². The predicted molar refractivity (Wildman–Crippen MR) is 66.4 cm³/mol. The molecule has 0 unspecified atom stereocenters. The van der Waals surface area contributed by atoms with Crippen LogP contribution in [0.15, 0.2) is 18.3 Å².